The van der Waals surface area contributed by atoms with Crippen molar-refractivity contribution in [2.45, 2.75) is 6.54 Å². The third kappa shape index (κ3) is 3.34. The van der Waals surface area contributed by atoms with Gasteiger partial charge in [-0.05, 0) is 36.4 Å². The van der Waals surface area contributed by atoms with Gasteiger partial charge in [0.05, 0.1) is 12.1 Å². The number of nitrogens with one attached hydrogen (secondary N) is 2. The first-order valence-electron chi connectivity index (χ1n) is 6.93. The number of carbonyl (C=O) groups is 1. The van der Waals surface area contributed by atoms with Gasteiger partial charge in [0, 0.05) is 11.3 Å². The van der Waals surface area contributed by atoms with Gasteiger partial charge in [-0.3, -0.25) is 9.89 Å². The number of halogens is 1. The smallest absolute Gasteiger partial charge is 0.251 e. The minimum atomic E-state index is -0.399. The first kappa shape index (κ1) is 14.7. The summed E-state index contributed by atoms with van der Waals surface area (Å²) in [4.78, 5) is 16.2. The fourth-order valence-corrected chi connectivity index (χ4v) is 2.04. The topological polar surface area (TPSA) is 96.7 Å². The molecule has 0 fully saturated rings. The lowest BCUT2D eigenvalue weighted by Gasteiger charge is -2.03. The summed E-state index contributed by atoms with van der Waals surface area (Å²) in [5, 5.41) is 9.36. The van der Waals surface area contributed by atoms with Crippen LogP contribution in [0.15, 0.2) is 48.5 Å². The van der Waals surface area contributed by atoms with Gasteiger partial charge in [0.15, 0.2) is 5.82 Å². The minimum Gasteiger partial charge on any atom is -0.399 e. The molecule has 23 heavy (non-hydrogen) atoms. The van der Waals surface area contributed by atoms with Gasteiger partial charge in [0.2, 0.25) is 0 Å². The normalized spacial score (nSPS) is 10.5. The Hall–Kier alpha value is -3.22. The summed E-state index contributed by atoms with van der Waals surface area (Å²) in [6.07, 6.45) is 0. The highest BCUT2D eigenvalue weighted by atomic mass is 19.1. The molecule has 0 atom stereocenters. The number of nitrogen functional groups attached to an aromatic ring is 1. The maximum absolute atomic E-state index is 13.7. The third-order valence-electron chi connectivity index (χ3n) is 3.24. The molecule has 2 aromatic carbocycles. The second-order valence-corrected chi connectivity index (χ2v) is 4.89. The molecular formula is C16H14FN5O. The van der Waals surface area contributed by atoms with Crippen LogP contribution >= 0.6 is 0 Å². The van der Waals surface area contributed by atoms with E-state index in [9.17, 15) is 9.18 Å². The first-order valence-corrected chi connectivity index (χ1v) is 6.93. The van der Waals surface area contributed by atoms with Gasteiger partial charge < -0.3 is 11.1 Å². The Labute approximate surface area is 131 Å². The number of aromatic nitrogens is 3. The Morgan fingerprint density at radius 2 is 1.91 bits per heavy atom. The first-order chi connectivity index (χ1) is 11.1. The molecule has 6 nitrogen and oxygen atoms in total. The van der Waals surface area contributed by atoms with Crippen LogP contribution in [0.4, 0.5) is 10.1 Å². The monoisotopic (exact) mass is 311 g/mol. The summed E-state index contributed by atoms with van der Waals surface area (Å²) in [6, 6.07) is 12.8. The number of amides is 1. The second-order valence-electron chi connectivity index (χ2n) is 4.89. The quantitative estimate of drug-likeness (QED) is 0.643. The lowest BCUT2D eigenvalue weighted by molar-refractivity contribution is 0.0950. The SMILES string of the molecule is Nc1ccc(C(=O)NCc2nc(-c3ccccc3F)n[nH]2)cc1. The van der Waals surface area contributed by atoms with Gasteiger partial charge in [-0.2, -0.15) is 5.10 Å². The van der Waals surface area contributed by atoms with E-state index >= 15 is 0 Å². The largest absolute Gasteiger partial charge is 0.399 e. The maximum Gasteiger partial charge on any atom is 0.251 e. The van der Waals surface area contributed by atoms with E-state index in [-0.39, 0.29) is 18.3 Å². The molecule has 0 spiro atoms. The zero-order chi connectivity index (χ0) is 16.2. The van der Waals surface area contributed by atoms with Crippen LogP contribution in [0.2, 0.25) is 0 Å². The average Bonchev–Trinajstić information content (AvgIpc) is 3.02. The summed E-state index contributed by atoms with van der Waals surface area (Å²) >= 11 is 0. The Morgan fingerprint density at radius 3 is 2.65 bits per heavy atom. The van der Waals surface area contributed by atoms with Gasteiger partial charge >= 0.3 is 0 Å². The Bertz CT molecular complexity index is 828. The van der Waals surface area contributed by atoms with Crippen molar-refractivity contribution in [2.24, 2.45) is 0 Å². The second kappa shape index (κ2) is 6.27. The number of aromatic amines is 1. The molecule has 3 rings (SSSR count). The predicted octanol–water partition coefficient (Wildman–Crippen LogP) is 2.12. The van der Waals surface area contributed by atoms with Gasteiger partial charge in [-0.1, -0.05) is 12.1 Å². The highest BCUT2D eigenvalue weighted by molar-refractivity contribution is 5.94. The van der Waals surface area contributed by atoms with E-state index in [0.29, 0.717) is 22.6 Å². The van der Waals surface area contributed by atoms with Crippen molar-refractivity contribution in [2.75, 3.05) is 5.73 Å². The molecule has 0 aliphatic carbocycles. The van der Waals surface area contributed by atoms with Crippen LogP contribution in [0.5, 0.6) is 0 Å². The molecule has 1 amide bonds. The molecule has 0 radical (unpaired) electrons. The summed E-state index contributed by atoms with van der Waals surface area (Å²) in [5.74, 6) is 0.0321. The molecular weight excluding hydrogens is 297 g/mol. The van der Waals surface area contributed by atoms with E-state index in [2.05, 4.69) is 20.5 Å². The number of anilines is 1. The highest BCUT2D eigenvalue weighted by Gasteiger charge is 2.11. The molecule has 1 heterocycles. The number of nitrogens with two attached hydrogens (primary N) is 1. The molecule has 0 aliphatic heterocycles. The lowest BCUT2D eigenvalue weighted by atomic mass is 10.2. The number of hydrogen-bond donors (Lipinski definition) is 3. The number of benzene rings is 2. The Morgan fingerprint density at radius 1 is 1.17 bits per heavy atom. The van der Waals surface area contributed by atoms with Crippen molar-refractivity contribution in [3.8, 4) is 11.4 Å². The van der Waals surface area contributed by atoms with E-state index < -0.39 is 5.82 Å². The summed E-state index contributed by atoms with van der Waals surface area (Å²) in [7, 11) is 0. The predicted molar refractivity (Wildman–Crippen MR) is 83.8 cm³/mol. The maximum atomic E-state index is 13.7. The number of hydrogen-bond acceptors (Lipinski definition) is 4. The molecule has 3 aromatic rings. The van der Waals surface area contributed by atoms with Crippen molar-refractivity contribution in [3.05, 3.63) is 65.7 Å². The van der Waals surface area contributed by atoms with Gasteiger partial charge in [0.25, 0.3) is 5.91 Å². The molecule has 0 aliphatic rings. The average molecular weight is 311 g/mol. The standard InChI is InChI=1S/C16H14FN5O/c17-13-4-2-1-3-12(13)15-20-14(21-22-15)9-19-16(23)10-5-7-11(18)8-6-10/h1-8H,9,18H2,(H,19,23)(H,20,21,22). The molecule has 4 N–H and O–H groups in total. The molecule has 0 unspecified atom stereocenters. The zero-order valence-electron chi connectivity index (χ0n) is 12.1. The molecule has 0 saturated carbocycles. The minimum absolute atomic E-state index is 0.157. The molecule has 116 valence electrons. The molecule has 0 saturated heterocycles. The number of nitrogens with zero attached hydrogens (tertiary/aromatic N) is 2. The van der Waals surface area contributed by atoms with E-state index in [0.717, 1.165) is 0 Å². The number of carbonyl (C=O) groups excluding carboxylic acids is 1. The third-order valence-corrected chi connectivity index (χ3v) is 3.24. The zero-order valence-corrected chi connectivity index (χ0v) is 12.1. The number of H-pyrrole nitrogens is 1. The van der Waals surface area contributed by atoms with E-state index in [4.69, 9.17) is 5.73 Å². The van der Waals surface area contributed by atoms with Crippen LogP contribution in [-0.2, 0) is 6.54 Å². The fourth-order valence-electron chi connectivity index (χ4n) is 2.04. The van der Waals surface area contributed by atoms with Crippen LogP contribution in [-0.4, -0.2) is 21.1 Å². The van der Waals surface area contributed by atoms with E-state index in [1.807, 2.05) is 0 Å². The van der Waals surface area contributed by atoms with Crippen molar-refractivity contribution < 1.29 is 9.18 Å². The number of rotatable bonds is 4. The van der Waals surface area contributed by atoms with Crippen molar-refractivity contribution in [1.82, 2.24) is 20.5 Å². The molecule has 7 heteroatoms. The van der Waals surface area contributed by atoms with Crippen molar-refractivity contribution in [1.29, 1.82) is 0 Å². The Kier molecular flexibility index (Phi) is 4.01. The van der Waals surface area contributed by atoms with Crippen LogP contribution < -0.4 is 11.1 Å². The van der Waals surface area contributed by atoms with E-state index in [1.165, 1.54) is 6.07 Å². The van der Waals surface area contributed by atoms with Crippen molar-refractivity contribution >= 4 is 11.6 Å². The highest BCUT2D eigenvalue weighted by Crippen LogP contribution is 2.18. The summed E-state index contributed by atoms with van der Waals surface area (Å²) in [5.41, 5.74) is 6.96. The lowest BCUT2D eigenvalue weighted by Crippen LogP contribution is -2.23. The van der Waals surface area contributed by atoms with Crippen LogP contribution in [0.3, 0.4) is 0 Å². The van der Waals surface area contributed by atoms with Crippen LogP contribution in [0.1, 0.15) is 16.2 Å². The Balaban J connectivity index is 1.67. The summed E-state index contributed by atoms with van der Waals surface area (Å²) < 4.78 is 13.7. The summed E-state index contributed by atoms with van der Waals surface area (Å²) in [6.45, 7) is 0.157. The van der Waals surface area contributed by atoms with Crippen LogP contribution in [0.25, 0.3) is 11.4 Å². The van der Waals surface area contributed by atoms with Gasteiger partial charge in [-0.25, -0.2) is 9.37 Å². The fraction of sp³-hybridized carbons (Fsp3) is 0.0625. The van der Waals surface area contributed by atoms with Gasteiger partial charge in [0.1, 0.15) is 11.6 Å². The van der Waals surface area contributed by atoms with E-state index in [1.54, 1.807) is 42.5 Å². The van der Waals surface area contributed by atoms with Crippen molar-refractivity contribution in [3.63, 3.8) is 0 Å². The van der Waals surface area contributed by atoms with Gasteiger partial charge in [-0.15, -0.1) is 0 Å². The van der Waals surface area contributed by atoms with Crippen LogP contribution in [0, 0.1) is 5.82 Å². The molecule has 0 bridgehead atoms. The molecule has 1 aromatic heterocycles.